The molecule has 2 heterocycles. The van der Waals surface area contributed by atoms with E-state index in [2.05, 4.69) is 5.32 Å². The van der Waals surface area contributed by atoms with Crippen LogP contribution < -0.4 is 11.1 Å². The van der Waals surface area contributed by atoms with Crippen molar-refractivity contribution in [2.45, 2.75) is 24.8 Å². The summed E-state index contributed by atoms with van der Waals surface area (Å²) in [5.74, 6) is 0. The molecule has 4 N–H and O–H groups in total. The van der Waals surface area contributed by atoms with Crippen molar-refractivity contribution < 1.29 is 9.84 Å². The van der Waals surface area contributed by atoms with Crippen LogP contribution in [0, 0.1) is 0 Å². The topological polar surface area (TPSA) is 67.5 Å². The second-order valence-corrected chi connectivity index (χ2v) is 5.82. The van der Waals surface area contributed by atoms with Crippen molar-refractivity contribution in [3.8, 4) is 0 Å². The summed E-state index contributed by atoms with van der Waals surface area (Å²) in [6.07, 6.45) is -0.947. The molecular formula is C10H14N2O2S2. The van der Waals surface area contributed by atoms with E-state index in [4.69, 9.17) is 10.5 Å². The number of hydrogen-bond donors (Lipinski definition) is 3. The monoisotopic (exact) mass is 258 g/mol. The summed E-state index contributed by atoms with van der Waals surface area (Å²) >= 11 is 3.03. The van der Waals surface area contributed by atoms with E-state index in [0.29, 0.717) is 12.3 Å². The van der Waals surface area contributed by atoms with E-state index in [-0.39, 0.29) is 0 Å². The van der Waals surface area contributed by atoms with Crippen LogP contribution in [0.15, 0.2) is 27.9 Å². The summed E-state index contributed by atoms with van der Waals surface area (Å²) in [7, 11) is 0. The van der Waals surface area contributed by atoms with Gasteiger partial charge >= 0.3 is 0 Å². The van der Waals surface area contributed by atoms with Crippen molar-refractivity contribution in [1.29, 1.82) is 0 Å². The highest BCUT2D eigenvalue weighted by Crippen LogP contribution is 2.28. The number of nitrogens with one attached hydrogen (secondary N) is 1. The molecule has 0 amide bonds. The van der Waals surface area contributed by atoms with Gasteiger partial charge in [0.2, 0.25) is 0 Å². The predicted molar refractivity (Wildman–Crippen MR) is 66.5 cm³/mol. The SMILES string of the molecule is CC1(N)NC(C(O)OCc2ccsc2)=CS1. The molecular weight excluding hydrogens is 244 g/mol. The second kappa shape index (κ2) is 4.77. The Balaban J connectivity index is 1.83. The highest BCUT2D eigenvalue weighted by molar-refractivity contribution is 8.03. The average Bonchev–Trinajstić information content (AvgIpc) is 2.83. The lowest BCUT2D eigenvalue weighted by Gasteiger charge is -2.21. The molecule has 0 aliphatic carbocycles. The van der Waals surface area contributed by atoms with E-state index < -0.39 is 11.3 Å². The molecule has 2 atom stereocenters. The number of aliphatic hydroxyl groups is 1. The highest BCUT2D eigenvalue weighted by Gasteiger charge is 2.28. The number of thiophene rings is 1. The van der Waals surface area contributed by atoms with Crippen molar-refractivity contribution in [3.63, 3.8) is 0 Å². The molecule has 0 spiro atoms. The second-order valence-electron chi connectivity index (χ2n) is 3.72. The molecule has 6 heteroatoms. The minimum Gasteiger partial charge on any atom is -0.363 e. The largest absolute Gasteiger partial charge is 0.363 e. The normalized spacial score (nSPS) is 26.3. The molecule has 2 unspecified atom stereocenters. The molecule has 0 fully saturated rings. The standard InChI is InChI=1S/C10H14N2O2S2/c1-10(11)12-8(6-16-10)9(13)14-4-7-2-3-15-5-7/h2-3,5-6,9,12-13H,4,11H2,1H3. The van der Waals surface area contributed by atoms with Crippen LogP contribution in [-0.4, -0.2) is 16.4 Å². The molecule has 88 valence electrons. The fourth-order valence-corrected chi connectivity index (χ4v) is 2.67. The van der Waals surface area contributed by atoms with E-state index in [1.165, 1.54) is 11.8 Å². The Kier molecular flexibility index (Phi) is 3.56. The first-order valence-corrected chi connectivity index (χ1v) is 6.65. The molecule has 4 nitrogen and oxygen atoms in total. The summed E-state index contributed by atoms with van der Waals surface area (Å²) in [4.78, 5) is -0.554. The van der Waals surface area contributed by atoms with Gasteiger partial charge in [-0.3, -0.25) is 0 Å². The summed E-state index contributed by atoms with van der Waals surface area (Å²) in [5, 5.41) is 18.5. The third kappa shape index (κ3) is 2.99. The van der Waals surface area contributed by atoms with Gasteiger partial charge in [-0.1, -0.05) is 11.8 Å². The number of rotatable bonds is 4. The molecule has 0 saturated carbocycles. The van der Waals surface area contributed by atoms with Crippen LogP contribution >= 0.6 is 23.1 Å². The number of ether oxygens (including phenoxy) is 1. The third-order valence-corrected chi connectivity index (χ3v) is 3.77. The average molecular weight is 258 g/mol. The third-order valence-electron chi connectivity index (χ3n) is 2.08. The predicted octanol–water partition coefficient (Wildman–Crippen LogP) is 1.39. The van der Waals surface area contributed by atoms with Crippen LogP contribution in [0.5, 0.6) is 0 Å². The van der Waals surface area contributed by atoms with Gasteiger partial charge in [0.1, 0.15) is 4.99 Å². The van der Waals surface area contributed by atoms with Crippen LogP contribution in [-0.2, 0) is 11.3 Å². The maximum Gasteiger partial charge on any atom is 0.197 e. The first kappa shape index (κ1) is 11.9. The smallest absolute Gasteiger partial charge is 0.197 e. The maximum atomic E-state index is 9.76. The molecule has 1 aliphatic heterocycles. The Morgan fingerprint density at radius 2 is 2.50 bits per heavy atom. The molecule has 0 bridgehead atoms. The molecule has 1 aliphatic rings. The van der Waals surface area contributed by atoms with E-state index in [1.54, 1.807) is 16.7 Å². The van der Waals surface area contributed by atoms with Crippen molar-refractivity contribution in [2.75, 3.05) is 0 Å². The molecule has 16 heavy (non-hydrogen) atoms. The first-order chi connectivity index (χ1) is 7.57. The molecule has 2 rings (SSSR count). The van der Waals surface area contributed by atoms with Gasteiger partial charge in [-0.2, -0.15) is 11.3 Å². The van der Waals surface area contributed by atoms with Crippen LogP contribution in [0.25, 0.3) is 0 Å². The number of hydrogen-bond acceptors (Lipinski definition) is 6. The van der Waals surface area contributed by atoms with Gasteiger partial charge < -0.3 is 20.9 Å². The first-order valence-electron chi connectivity index (χ1n) is 4.82. The minimum absolute atomic E-state index is 0.398. The number of aliphatic hydroxyl groups excluding tert-OH is 1. The van der Waals surface area contributed by atoms with E-state index in [1.807, 2.05) is 23.8 Å². The van der Waals surface area contributed by atoms with Crippen LogP contribution in [0.1, 0.15) is 12.5 Å². The number of nitrogens with two attached hydrogens (primary N) is 1. The van der Waals surface area contributed by atoms with Crippen molar-refractivity contribution in [2.24, 2.45) is 5.73 Å². The number of thioether (sulfide) groups is 1. The Hall–Kier alpha value is -0.530. The maximum absolute atomic E-state index is 9.76. The van der Waals surface area contributed by atoms with Gasteiger partial charge in [-0.25, -0.2) is 0 Å². The van der Waals surface area contributed by atoms with Crippen molar-refractivity contribution >= 4 is 23.1 Å². The van der Waals surface area contributed by atoms with E-state index >= 15 is 0 Å². The minimum atomic E-state index is -0.947. The van der Waals surface area contributed by atoms with Gasteiger partial charge in [0.15, 0.2) is 6.29 Å². The van der Waals surface area contributed by atoms with Gasteiger partial charge in [-0.15, -0.1) is 0 Å². The molecule has 0 radical (unpaired) electrons. The lowest BCUT2D eigenvalue weighted by atomic mass is 10.3. The van der Waals surface area contributed by atoms with Crippen molar-refractivity contribution in [3.05, 3.63) is 33.5 Å². The fourth-order valence-electron chi connectivity index (χ4n) is 1.29. The zero-order chi connectivity index (χ0) is 11.6. The fraction of sp³-hybridized carbons (Fsp3) is 0.400. The highest BCUT2D eigenvalue weighted by atomic mass is 32.2. The summed E-state index contributed by atoms with van der Waals surface area (Å²) < 4.78 is 5.33. The van der Waals surface area contributed by atoms with E-state index in [9.17, 15) is 5.11 Å². The summed E-state index contributed by atoms with van der Waals surface area (Å²) in [6, 6.07) is 1.97. The Labute approximate surface area is 102 Å². The lowest BCUT2D eigenvalue weighted by molar-refractivity contribution is -0.0852. The molecule has 0 saturated heterocycles. The van der Waals surface area contributed by atoms with E-state index in [0.717, 1.165) is 5.56 Å². The lowest BCUT2D eigenvalue weighted by Crippen LogP contribution is -2.45. The van der Waals surface area contributed by atoms with Gasteiger partial charge in [0.05, 0.1) is 12.3 Å². The Morgan fingerprint density at radius 3 is 3.06 bits per heavy atom. The summed E-state index contributed by atoms with van der Waals surface area (Å²) in [5.41, 5.74) is 7.51. The Morgan fingerprint density at radius 1 is 1.69 bits per heavy atom. The van der Waals surface area contributed by atoms with Crippen LogP contribution in [0.4, 0.5) is 0 Å². The quantitative estimate of drug-likeness (QED) is 0.712. The molecule has 0 aromatic carbocycles. The molecule has 1 aromatic heterocycles. The van der Waals surface area contributed by atoms with Gasteiger partial charge in [-0.05, 0) is 34.7 Å². The zero-order valence-corrected chi connectivity index (χ0v) is 10.5. The van der Waals surface area contributed by atoms with Crippen LogP contribution in [0.2, 0.25) is 0 Å². The van der Waals surface area contributed by atoms with Crippen LogP contribution in [0.3, 0.4) is 0 Å². The van der Waals surface area contributed by atoms with Crippen molar-refractivity contribution in [1.82, 2.24) is 5.32 Å². The molecule has 1 aromatic rings. The Bertz CT molecular complexity index is 376. The van der Waals surface area contributed by atoms with Gasteiger partial charge in [0.25, 0.3) is 0 Å². The van der Waals surface area contributed by atoms with Gasteiger partial charge in [0, 0.05) is 0 Å². The zero-order valence-electron chi connectivity index (χ0n) is 8.84. The summed E-state index contributed by atoms with van der Waals surface area (Å²) in [6.45, 7) is 2.24.